The van der Waals surface area contributed by atoms with Crippen molar-refractivity contribution in [2.24, 2.45) is 0 Å². The van der Waals surface area contributed by atoms with Gasteiger partial charge >= 0.3 is 7.82 Å². The Morgan fingerprint density at radius 3 is 1.59 bits per heavy atom. The number of phosphoric acid groups is 1. The third-order valence-corrected chi connectivity index (χ3v) is 6.43. The van der Waals surface area contributed by atoms with Gasteiger partial charge in [0.15, 0.2) is 0 Å². The van der Waals surface area contributed by atoms with Crippen molar-refractivity contribution in [2.45, 2.75) is 51.5 Å². The van der Waals surface area contributed by atoms with Crippen molar-refractivity contribution in [1.29, 1.82) is 0 Å². The first-order valence-electron chi connectivity index (χ1n) is 11.2. The number of hydrogen-bond acceptors (Lipinski definition) is 9. The molecule has 0 saturated heterocycles. The lowest BCUT2D eigenvalue weighted by atomic mass is 10.0. The van der Waals surface area contributed by atoms with Crippen LogP contribution < -0.4 is 0 Å². The second-order valence-corrected chi connectivity index (χ2v) is 9.09. The maximum Gasteiger partial charge on any atom is 0.474 e. The van der Waals surface area contributed by atoms with E-state index in [9.17, 15) is 19.9 Å². The summed E-state index contributed by atoms with van der Waals surface area (Å²) < 4.78 is 40.0. The molecule has 0 aliphatic carbocycles. The van der Waals surface area contributed by atoms with Gasteiger partial charge in [-0.25, -0.2) is 4.57 Å². The van der Waals surface area contributed by atoms with Crippen LogP contribution in [0.4, 0.5) is 0 Å². The molecule has 0 aromatic heterocycles. The van der Waals surface area contributed by atoms with E-state index in [0.717, 1.165) is 11.1 Å². The first kappa shape index (κ1) is 28.6. The van der Waals surface area contributed by atoms with Crippen molar-refractivity contribution >= 4 is 7.82 Å². The normalized spacial score (nSPS) is 15.6. The van der Waals surface area contributed by atoms with E-state index in [1.54, 1.807) is 13.8 Å². The number of ether oxygens (including phenoxy) is 2. The van der Waals surface area contributed by atoms with Gasteiger partial charge in [-0.3, -0.25) is 13.6 Å². The average Bonchev–Trinajstić information content (AvgIpc) is 2.85. The number of aliphatic hydroxyl groups is 3. The van der Waals surface area contributed by atoms with Crippen molar-refractivity contribution in [3.8, 4) is 0 Å². The van der Waals surface area contributed by atoms with E-state index in [2.05, 4.69) is 0 Å². The fourth-order valence-corrected chi connectivity index (χ4v) is 4.37. The Kier molecular flexibility index (Phi) is 12.9. The zero-order valence-electron chi connectivity index (χ0n) is 19.6. The Hall–Kier alpha value is -1.65. The van der Waals surface area contributed by atoms with Crippen LogP contribution in [0.2, 0.25) is 0 Å². The summed E-state index contributed by atoms with van der Waals surface area (Å²) in [5.74, 6) is 0. The summed E-state index contributed by atoms with van der Waals surface area (Å²) in [6, 6.07) is 18.5. The number of benzene rings is 2. The molecule has 190 valence electrons. The van der Waals surface area contributed by atoms with E-state index >= 15 is 0 Å². The number of hydrogen-bond donors (Lipinski definition) is 3. The maximum atomic E-state index is 12.7. The molecule has 2 aromatic carbocycles. The van der Waals surface area contributed by atoms with Crippen LogP contribution in [0, 0.1) is 0 Å². The van der Waals surface area contributed by atoms with Gasteiger partial charge in [0.25, 0.3) is 0 Å². The summed E-state index contributed by atoms with van der Waals surface area (Å²) in [6.07, 6.45) is -5.00. The molecule has 0 aliphatic rings. The minimum absolute atomic E-state index is 0.0906. The summed E-state index contributed by atoms with van der Waals surface area (Å²) in [5, 5.41) is 31.1. The lowest BCUT2D eigenvalue weighted by molar-refractivity contribution is -0.177. The minimum atomic E-state index is -3.88. The molecule has 2 rings (SSSR count). The summed E-state index contributed by atoms with van der Waals surface area (Å²) in [7, 11) is -3.88. The first-order chi connectivity index (χ1) is 16.4. The highest BCUT2D eigenvalue weighted by Crippen LogP contribution is 2.49. The topological polar surface area (TPSA) is 124 Å². The maximum absolute atomic E-state index is 12.7. The Labute approximate surface area is 200 Å². The molecule has 0 fully saturated rings. The second-order valence-electron chi connectivity index (χ2n) is 7.42. The molecule has 0 amide bonds. The van der Waals surface area contributed by atoms with E-state index in [1.165, 1.54) is 0 Å². The lowest BCUT2D eigenvalue weighted by Crippen LogP contribution is -2.50. The van der Waals surface area contributed by atoms with Crippen molar-refractivity contribution in [3.05, 3.63) is 71.8 Å². The second kappa shape index (κ2) is 15.4. The predicted molar refractivity (Wildman–Crippen MR) is 126 cm³/mol. The summed E-state index contributed by atoms with van der Waals surface area (Å²) in [4.78, 5) is 0. The van der Waals surface area contributed by atoms with Crippen LogP contribution in [0.3, 0.4) is 0 Å². The zero-order chi connectivity index (χ0) is 24.8. The van der Waals surface area contributed by atoms with Gasteiger partial charge in [0.05, 0.1) is 39.6 Å². The monoisotopic (exact) mass is 498 g/mol. The van der Waals surface area contributed by atoms with Gasteiger partial charge in [-0.1, -0.05) is 60.7 Å². The predicted octanol–water partition coefficient (Wildman–Crippen LogP) is 3.07. The Morgan fingerprint density at radius 1 is 0.735 bits per heavy atom. The van der Waals surface area contributed by atoms with Crippen LogP contribution in [0.25, 0.3) is 0 Å². The fourth-order valence-electron chi connectivity index (χ4n) is 3.18. The van der Waals surface area contributed by atoms with Crippen LogP contribution >= 0.6 is 7.82 Å². The van der Waals surface area contributed by atoms with Crippen molar-refractivity contribution < 1.29 is 42.9 Å². The third-order valence-electron chi connectivity index (χ3n) is 4.82. The molecule has 0 aliphatic heterocycles. The average molecular weight is 499 g/mol. The molecule has 0 spiro atoms. The van der Waals surface area contributed by atoms with Crippen LogP contribution in [-0.4, -0.2) is 66.2 Å². The van der Waals surface area contributed by atoms with Gasteiger partial charge < -0.3 is 24.8 Å². The van der Waals surface area contributed by atoms with E-state index < -0.39 is 45.5 Å². The van der Waals surface area contributed by atoms with Crippen molar-refractivity contribution in [2.75, 3.05) is 26.4 Å². The van der Waals surface area contributed by atoms with Crippen molar-refractivity contribution in [3.63, 3.8) is 0 Å². The number of aliphatic hydroxyl groups excluding tert-OH is 3. The van der Waals surface area contributed by atoms with Gasteiger partial charge in [-0.05, 0) is 25.0 Å². The minimum Gasteiger partial charge on any atom is -0.394 e. The highest BCUT2D eigenvalue weighted by molar-refractivity contribution is 7.48. The van der Waals surface area contributed by atoms with Gasteiger partial charge in [-0.15, -0.1) is 0 Å². The molecule has 2 aromatic rings. The van der Waals surface area contributed by atoms with Gasteiger partial charge in [0, 0.05) is 0 Å². The summed E-state index contributed by atoms with van der Waals surface area (Å²) in [6.45, 7) is 2.58. The Bertz CT molecular complexity index is 827. The fraction of sp³-hybridized carbons (Fsp3) is 0.500. The molecule has 0 heterocycles. The molecule has 4 atom stereocenters. The molecule has 9 nitrogen and oxygen atoms in total. The lowest BCUT2D eigenvalue weighted by Gasteiger charge is -2.33. The smallest absolute Gasteiger partial charge is 0.394 e. The third kappa shape index (κ3) is 9.54. The molecule has 0 unspecified atom stereocenters. The molecule has 34 heavy (non-hydrogen) atoms. The SMILES string of the molecule is CCOP(=O)(OCC)OC[C@@H](O)[C@@H](OCc1ccccc1)[C@H](OCc1ccccc1)[C@H](O)CO. The van der Waals surface area contributed by atoms with Gasteiger partial charge in [-0.2, -0.15) is 0 Å². The molecule has 3 N–H and O–H groups in total. The van der Waals surface area contributed by atoms with Crippen LogP contribution in [0.15, 0.2) is 60.7 Å². The van der Waals surface area contributed by atoms with Crippen LogP contribution in [0.1, 0.15) is 25.0 Å². The largest absolute Gasteiger partial charge is 0.474 e. The Morgan fingerprint density at radius 2 is 1.18 bits per heavy atom. The molecular weight excluding hydrogens is 463 g/mol. The van der Waals surface area contributed by atoms with E-state index in [0.29, 0.717) is 0 Å². The molecule has 0 radical (unpaired) electrons. The van der Waals surface area contributed by atoms with Crippen molar-refractivity contribution in [1.82, 2.24) is 0 Å². The molecule has 0 saturated carbocycles. The standard InChI is InChI=1S/C24H35O9P/c1-3-31-34(28,32-4-2)33-18-22(27)24(30-17-20-13-9-6-10-14-20)23(21(26)15-25)29-16-19-11-7-5-8-12-19/h5-14,21-27H,3-4,15-18H2,1-2H3/t21-,22-,23-,24-/m1/s1. The molecule has 0 bridgehead atoms. The van der Waals surface area contributed by atoms with Crippen LogP contribution in [0.5, 0.6) is 0 Å². The van der Waals surface area contributed by atoms with E-state index in [-0.39, 0.29) is 26.4 Å². The molecule has 10 heteroatoms. The zero-order valence-corrected chi connectivity index (χ0v) is 20.5. The van der Waals surface area contributed by atoms with E-state index in [1.807, 2.05) is 60.7 Å². The highest BCUT2D eigenvalue weighted by Gasteiger charge is 2.37. The number of rotatable bonds is 17. The first-order valence-corrected chi connectivity index (χ1v) is 12.7. The quantitative estimate of drug-likeness (QED) is 0.282. The van der Waals surface area contributed by atoms with Crippen LogP contribution in [-0.2, 0) is 40.8 Å². The summed E-state index contributed by atoms with van der Waals surface area (Å²) >= 11 is 0. The van der Waals surface area contributed by atoms with E-state index in [4.69, 9.17) is 23.0 Å². The highest BCUT2D eigenvalue weighted by atomic mass is 31.2. The van der Waals surface area contributed by atoms with Gasteiger partial charge in [0.2, 0.25) is 0 Å². The summed E-state index contributed by atoms with van der Waals surface area (Å²) in [5.41, 5.74) is 1.66. The number of phosphoric ester groups is 1. The Balaban J connectivity index is 2.20. The van der Waals surface area contributed by atoms with Gasteiger partial charge in [0.1, 0.15) is 24.4 Å². The molecular formula is C24H35O9P.